The van der Waals surface area contributed by atoms with Crippen LogP contribution in [0.4, 0.5) is 11.4 Å². The Morgan fingerprint density at radius 3 is 2.78 bits per heavy atom. The molecule has 5 heteroatoms. The van der Waals surface area contributed by atoms with Crippen molar-refractivity contribution in [2.24, 2.45) is 0 Å². The van der Waals surface area contributed by atoms with Crippen LogP contribution in [0.25, 0.3) is 0 Å². The second-order valence-electron chi connectivity index (χ2n) is 4.49. The van der Waals surface area contributed by atoms with E-state index in [4.69, 9.17) is 4.74 Å². The number of benzene rings is 1. The Morgan fingerprint density at radius 1 is 1.44 bits per heavy atom. The molecule has 5 nitrogen and oxygen atoms in total. The fraction of sp³-hybridized carbons (Fsp3) is 0.385. The van der Waals surface area contributed by atoms with Gasteiger partial charge >= 0.3 is 5.97 Å². The molecule has 18 heavy (non-hydrogen) atoms. The first-order valence-electron chi connectivity index (χ1n) is 5.81. The number of carbonyl (C=O) groups is 2. The van der Waals surface area contributed by atoms with Crippen LogP contribution in [-0.2, 0) is 9.53 Å². The number of nitrogens with zero attached hydrogens (tertiary/aromatic N) is 1. The van der Waals surface area contributed by atoms with Crippen molar-refractivity contribution in [2.45, 2.75) is 19.9 Å². The Labute approximate surface area is 106 Å². The van der Waals surface area contributed by atoms with Crippen LogP contribution in [0.15, 0.2) is 18.2 Å². The van der Waals surface area contributed by atoms with E-state index in [0.717, 1.165) is 11.4 Å². The fourth-order valence-electron chi connectivity index (χ4n) is 2.01. The van der Waals surface area contributed by atoms with Gasteiger partial charge in [0, 0.05) is 6.04 Å². The average Bonchev–Trinajstić information content (AvgIpc) is 2.36. The zero-order valence-electron chi connectivity index (χ0n) is 10.7. The zero-order chi connectivity index (χ0) is 13.3. The number of esters is 1. The number of methoxy groups -OCH3 is 1. The molecule has 1 amide bonds. The van der Waals surface area contributed by atoms with Crippen molar-refractivity contribution < 1.29 is 14.3 Å². The number of carbonyl (C=O) groups excluding carboxylic acids is 2. The maximum atomic E-state index is 11.6. The van der Waals surface area contributed by atoms with Gasteiger partial charge in [0.05, 0.1) is 30.6 Å². The summed E-state index contributed by atoms with van der Waals surface area (Å²) in [5, 5.41) is 2.80. The van der Waals surface area contributed by atoms with Gasteiger partial charge in [0.1, 0.15) is 0 Å². The van der Waals surface area contributed by atoms with E-state index in [1.807, 2.05) is 18.7 Å². The van der Waals surface area contributed by atoms with Gasteiger partial charge < -0.3 is 15.0 Å². The summed E-state index contributed by atoms with van der Waals surface area (Å²) in [5.74, 6) is -0.416. The van der Waals surface area contributed by atoms with E-state index in [1.54, 1.807) is 18.2 Å². The molecule has 1 aromatic rings. The molecule has 1 N–H and O–H groups in total. The predicted molar refractivity (Wildman–Crippen MR) is 68.9 cm³/mol. The lowest BCUT2D eigenvalue weighted by atomic mass is 10.1. The molecule has 0 aliphatic carbocycles. The van der Waals surface area contributed by atoms with Crippen molar-refractivity contribution in [3.63, 3.8) is 0 Å². The smallest absolute Gasteiger partial charge is 0.337 e. The SMILES string of the molecule is COC(=O)c1ccc2c(c1)N(C(C)C)CC(=O)N2. The maximum absolute atomic E-state index is 11.6. The van der Waals surface area contributed by atoms with Crippen LogP contribution in [-0.4, -0.2) is 31.6 Å². The molecular formula is C13H16N2O3. The van der Waals surface area contributed by atoms with Gasteiger partial charge in [-0.25, -0.2) is 4.79 Å². The summed E-state index contributed by atoms with van der Waals surface area (Å²) in [6, 6.07) is 5.31. The normalized spacial score (nSPS) is 14.2. The zero-order valence-corrected chi connectivity index (χ0v) is 10.7. The first-order valence-corrected chi connectivity index (χ1v) is 5.81. The predicted octanol–water partition coefficient (Wildman–Crippen LogP) is 1.64. The maximum Gasteiger partial charge on any atom is 0.337 e. The Balaban J connectivity index is 2.45. The highest BCUT2D eigenvalue weighted by atomic mass is 16.5. The van der Waals surface area contributed by atoms with Crippen molar-refractivity contribution in [2.75, 3.05) is 23.9 Å². The molecule has 0 fully saturated rings. The van der Waals surface area contributed by atoms with E-state index < -0.39 is 0 Å². The van der Waals surface area contributed by atoms with Crippen molar-refractivity contribution in [3.8, 4) is 0 Å². The highest BCUT2D eigenvalue weighted by Crippen LogP contribution is 2.31. The molecule has 0 aromatic heterocycles. The van der Waals surface area contributed by atoms with Crippen LogP contribution in [0.1, 0.15) is 24.2 Å². The molecule has 1 heterocycles. The summed E-state index contributed by atoms with van der Waals surface area (Å²) in [5.41, 5.74) is 2.07. The second kappa shape index (κ2) is 4.68. The first kappa shape index (κ1) is 12.4. The lowest BCUT2D eigenvalue weighted by Crippen LogP contribution is -2.42. The number of hydrogen-bond acceptors (Lipinski definition) is 4. The van der Waals surface area contributed by atoms with Crippen molar-refractivity contribution >= 4 is 23.3 Å². The van der Waals surface area contributed by atoms with Gasteiger partial charge in [0.2, 0.25) is 5.91 Å². The number of anilines is 2. The number of fused-ring (bicyclic) bond motifs is 1. The van der Waals surface area contributed by atoms with Gasteiger partial charge in [0.15, 0.2) is 0 Å². The van der Waals surface area contributed by atoms with Crippen molar-refractivity contribution in [1.29, 1.82) is 0 Å². The summed E-state index contributed by atoms with van der Waals surface area (Å²) in [7, 11) is 1.35. The number of rotatable bonds is 2. The summed E-state index contributed by atoms with van der Waals surface area (Å²) in [6.45, 7) is 4.32. The minimum atomic E-state index is -0.376. The molecule has 0 spiro atoms. The van der Waals surface area contributed by atoms with Gasteiger partial charge in [-0.1, -0.05) is 0 Å². The van der Waals surface area contributed by atoms with Crippen LogP contribution in [0.2, 0.25) is 0 Å². The summed E-state index contributed by atoms with van der Waals surface area (Å²) in [4.78, 5) is 25.0. The van der Waals surface area contributed by atoms with E-state index in [2.05, 4.69) is 5.32 Å². The Hall–Kier alpha value is -2.04. The van der Waals surface area contributed by atoms with Crippen LogP contribution >= 0.6 is 0 Å². The van der Waals surface area contributed by atoms with Crippen LogP contribution in [0.5, 0.6) is 0 Å². The van der Waals surface area contributed by atoms with Gasteiger partial charge in [-0.3, -0.25) is 4.79 Å². The lowest BCUT2D eigenvalue weighted by molar-refractivity contribution is -0.115. The molecule has 1 aliphatic heterocycles. The van der Waals surface area contributed by atoms with Crippen molar-refractivity contribution in [3.05, 3.63) is 23.8 Å². The molecule has 0 radical (unpaired) electrons. The number of nitrogens with one attached hydrogen (secondary N) is 1. The van der Waals surface area contributed by atoms with Gasteiger partial charge in [-0.05, 0) is 32.0 Å². The highest BCUT2D eigenvalue weighted by molar-refractivity contribution is 6.03. The summed E-state index contributed by atoms with van der Waals surface area (Å²) in [6.07, 6.45) is 0. The standard InChI is InChI=1S/C13H16N2O3/c1-8(2)15-7-12(16)14-10-5-4-9(6-11(10)15)13(17)18-3/h4-6,8H,7H2,1-3H3,(H,14,16). The number of hydrogen-bond donors (Lipinski definition) is 1. The third-order valence-electron chi connectivity index (χ3n) is 2.94. The Morgan fingerprint density at radius 2 is 2.17 bits per heavy atom. The highest BCUT2D eigenvalue weighted by Gasteiger charge is 2.24. The summed E-state index contributed by atoms with van der Waals surface area (Å²) >= 11 is 0. The van der Waals surface area contributed by atoms with Gasteiger partial charge in [-0.15, -0.1) is 0 Å². The lowest BCUT2D eigenvalue weighted by Gasteiger charge is -2.34. The van der Waals surface area contributed by atoms with E-state index in [-0.39, 0.29) is 17.9 Å². The fourth-order valence-corrected chi connectivity index (χ4v) is 2.01. The largest absolute Gasteiger partial charge is 0.465 e. The number of ether oxygens (including phenoxy) is 1. The van der Waals surface area contributed by atoms with E-state index in [0.29, 0.717) is 12.1 Å². The molecule has 0 bridgehead atoms. The first-order chi connectivity index (χ1) is 8.52. The Bertz CT molecular complexity index is 497. The topological polar surface area (TPSA) is 58.6 Å². The third-order valence-corrected chi connectivity index (χ3v) is 2.94. The van der Waals surface area contributed by atoms with E-state index in [9.17, 15) is 9.59 Å². The molecule has 0 saturated heterocycles. The van der Waals surface area contributed by atoms with E-state index in [1.165, 1.54) is 7.11 Å². The molecule has 0 saturated carbocycles. The molecule has 0 unspecified atom stereocenters. The molecule has 2 rings (SSSR count). The van der Waals surface area contributed by atoms with Gasteiger partial charge in [0.25, 0.3) is 0 Å². The molecule has 0 atom stereocenters. The molecule has 1 aromatic carbocycles. The molecular weight excluding hydrogens is 232 g/mol. The monoisotopic (exact) mass is 248 g/mol. The van der Waals surface area contributed by atoms with Crippen LogP contribution in [0.3, 0.4) is 0 Å². The minimum Gasteiger partial charge on any atom is -0.465 e. The van der Waals surface area contributed by atoms with Crippen LogP contribution in [0, 0.1) is 0 Å². The number of amides is 1. The quantitative estimate of drug-likeness (QED) is 0.808. The second-order valence-corrected chi connectivity index (χ2v) is 4.49. The molecule has 1 aliphatic rings. The Kier molecular flexibility index (Phi) is 3.23. The van der Waals surface area contributed by atoms with E-state index >= 15 is 0 Å². The minimum absolute atomic E-state index is 0.0398. The third kappa shape index (κ3) is 2.16. The van der Waals surface area contributed by atoms with Gasteiger partial charge in [-0.2, -0.15) is 0 Å². The molecule has 96 valence electrons. The average molecular weight is 248 g/mol. The van der Waals surface area contributed by atoms with Crippen molar-refractivity contribution in [1.82, 2.24) is 0 Å². The summed E-state index contributed by atoms with van der Waals surface area (Å²) < 4.78 is 4.70. The van der Waals surface area contributed by atoms with Crippen LogP contribution < -0.4 is 10.2 Å².